The number of carbonyl (C=O) groups excluding carboxylic acids is 1. The molecule has 1 unspecified atom stereocenters. The van der Waals surface area contributed by atoms with Gasteiger partial charge in [-0.1, -0.05) is 29.9 Å². The van der Waals surface area contributed by atoms with E-state index in [0.717, 1.165) is 37.2 Å². The quantitative estimate of drug-likeness (QED) is 0.654. The van der Waals surface area contributed by atoms with E-state index in [1.165, 1.54) is 23.5 Å². The maximum atomic E-state index is 13.5. The van der Waals surface area contributed by atoms with E-state index >= 15 is 0 Å². The molecule has 5 nitrogen and oxygen atoms in total. The van der Waals surface area contributed by atoms with Crippen molar-refractivity contribution in [2.45, 2.75) is 26.2 Å². The summed E-state index contributed by atoms with van der Waals surface area (Å²) >= 11 is 7.28. The zero-order valence-corrected chi connectivity index (χ0v) is 17.0. The molecule has 0 bridgehead atoms. The van der Waals surface area contributed by atoms with E-state index in [0.29, 0.717) is 21.9 Å². The summed E-state index contributed by atoms with van der Waals surface area (Å²) in [5.74, 6) is -0.609. The monoisotopic (exact) mass is 418 g/mol. The van der Waals surface area contributed by atoms with E-state index in [2.05, 4.69) is 33.2 Å². The van der Waals surface area contributed by atoms with E-state index in [4.69, 9.17) is 11.6 Å². The highest BCUT2D eigenvalue weighted by Gasteiger charge is 2.27. The average molecular weight is 419 g/mol. The number of halogens is 2. The molecule has 0 saturated carbocycles. The van der Waals surface area contributed by atoms with Gasteiger partial charge in [-0.15, -0.1) is 0 Å². The SMILES string of the molecule is CCc1cc(N2CCCC(C(=O)Nc3nc4c(Cl)cc(F)cc4s3)C2)ccn1. The number of aryl methyl sites for hydroxylation is 1. The number of nitrogens with one attached hydrogen (secondary N) is 1. The standard InChI is InChI=1S/C20H20ClFN4OS/c1-2-14-10-15(5-6-23-14)26-7-3-4-12(11-26)19(27)25-20-24-18-16(21)8-13(22)9-17(18)28-20/h5-6,8-10,12H,2-4,7,11H2,1H3,(H,24,25,27). The molecule has 0 spiro atoms. The van der Waals surface area contributed by atoms with Gasteiger partial charge in [0.15, 0.2) is 5.13 Å². The number of benzene rings is 1. The Morgan fingerprint density at radius 2 is 2.29 bits per heavy atom. The van der Waals surface area contributed by atoms with Crippen molar-refractivity contribution in [2.24, 2.45) is 5.92 Å². The van der Waals surface area contributed by atoms with Crippen molar-refractivity contribution in [3.8, 4) is 0 Å². The summed E-state index contributed by atoms with van der Waals surface area (Å²) in [7, 11) is 0. The fraction of sp³-hybridized carbons (Fsp3) is 0.350. The van der Waals surface area contributed by atoms with E-state index in [-0.39, 0.29) is 16.8 Å². The van der Waals surface area contributed by atoms with Crippen LogP contribution in [-0.4, -0.2) is 29.0 Å². The van der Waals surface area contributed by atoms with Crippen molar-refractivity contribution in [1.82, 2.24) is 9.97 Å². The first-order valence-electron chi connectivity index (χ1n) is 9.30. The summed E-state index contributed by atoms with van der Waals surface area (Å²) in [6.45, 7) is 3.65. The van der Waals surface area contributed by atoms with Crippen molar-refractivity contribution in [3.05, 3.63) is 47.0 Å². The van der Waals surface area contributed by atoms with E-state index in [1.807, 2.05) is 12.3 Å². The topological polar surface area (TPSA) is 58.1 Å². The molecule has 1 atom stereocenters. The van der Waals surface area contributed by atoms with E-state index in [1.54, 1.807) is 0 Å². The highest BCUT2D eigenvalue weighted by atomic mass is 35.5. The van der Waals surface area contributed by atoms with Gasteiger partial charge < -0.3 is 10.2 Å². The van der Waals surface area contributed by atoms with E-state index in [9.17, 15) is 9.18 Å². The van der Waals surface area contributed by atoms with Crippen molar-refractivity contribution in [1.29, 1.82) is 0 Å². The minimum atomic E-state index is -0.411. The molecule has 4 rings (SSSR count). The highest BCUT2D eigenvalue weighted by molar-refractivity contribution is 7.22. The van der Waals surface area contributed by atoms with Crippen LogP contribution < -0.4 is 10.2 Å². The number of hydrogen-bond donors (Lipinski definition) is 1. The number of anilines is 2. The van der Waals surface area contributed by atoms with Crippen LogP contribution in [0.3, 0.4) is 0 Å². The Labute approximate surface area is 171 Å². The molecule has 1 amide bonds. The third-order valence-corrected chi connectivity index (χ3v) is 6.17. The highest BCUT2D eigenvalue weighted by Crippen LogP contribution is 2.32. The number of carbonyl (C=O) groups is 1. The Morgan fingerprint density at radius 1 is 1.43 bits per heavy atom. The van der Waals surface area contributed by atoms with Gasteiger partial charge in [-0.25, -0.2) is 9.37 Å². The molecule has 1 N–H and O–H groups in total. The van der Waals surface area contributed by atoms with Gasteiger partial charge in [0.25, 0.3) is 0 Å². The maximum absolute atomic E-state index is 13.5. The smallest absolute Gasteiger partial charge is 0.231 e. The lowest BCUT2D eigenvalue weighted by molar-refractivity contribution is -0.120. The molecule has 8 heteroatoms. The Balaban J connectivity index is 1.48. The third-order valence-electron chi connectivity index (χ3n) is 4.96. The summed E-state index contributed by atoms with van der Waals surface area (Å²) in [6, 6.07) is 6.69. The average Bonchev–Trinajstić information content (AvgIpc) is 3.10. The first-order chi connectivity index (χ1) is 13.5. The summed E-state index contributed by atoms with van der Waals surface area (Å²) in [4.78, 5) is 23.7. The van der Waals surface area contributed by atoms with Gasteiger partial charge in [-0.2, -0.15) is 0 Å². The molecule has 1 aliphatic rings. The Morgan fingerprint density at radius 3 is 3.11 bits per heavy atom. The van der Waals surface area contributed by atoms with Crippen molar-refractivity contribution >= 4 is 49.9 Å². The zero-order chi connectivity index (χ0) is 19.7. The number of amides is 1. The molecular formula is C20H20ClFN4OS. The summed E-state index contributed by atoms with van der Waals surface area (Å²) in [5.41, 5.74) is 2.66. The first-order valence-corrected chi connectivity index (χ1v) is 10.5. The van der Waals surface area contributed by atoms with Crippen LogP contribution >= 0.6 is 22.9 Å². The molecule has 1 aliphatic heterocycles. The van der Waals surface area contributed by atoms with Crippen molar-refractivity contribution in [2.75, 3.05) is 23.3 Å². The van der Waals surface area contributed by atoms with Crippen LogP contribution in [-0.2, 0) is 11.2 Å². The second kappa shape index (κ2) is 8.01. The number of aromatic nitrogens is 2. The minimum Gasteiger partial charge on any atom is -0.371 e. The van der Waals surface area contributed by atoms with Crippen LogP contribution in [0.5, 0.6) is 0 Å². The van der Waals surface area contributed by atoms with Gasteiger partial charge in [0, 0.05) is 30.7 Å². The Kier molecular flexibility index (Phi) is 5.46. The van der Waals surface area contributed by atoms with Crippen LogP contribution in [0.4, 0.5) is 15.2 Å². The fourth-order valence-corrected chi connectivity index (χ4v) is 4.72. The molecular weight excluding hydrogens is 399 g/mol. The lowest BCUT2D eigenvalue weighted by Crippen LogP contribution is -2.40. The molecule has 2 aromatic heterocycles. The van der Waals surface area contributed by atoms with Crippen molar-refractivity contribution < 1.29 is 9.18 Å². The van der Waals surface area contributed by atoms with Crippen LogP contribution in [0.25, 0.3) is 10.2 Å². The largest absolute Gasteiger partial charge is 0.371 e. The fourth-order valence-electron chi connectivity index (χ4n) is 3.50. The third kappa shape index (κ3) is 3.95. The normalized spacial score (nSPS) is 17.1. The minimum absolute atomic E-state index is 0.0647. The van der Waals surface area contributed by atoms with Gasteiger partial charge in [-0.05, 0) is 43.5 Å². The zero-order valence-electron chi connectivity index (χ0n) is 15.4. The summed E-state index contributed by atoms with van der Waals surface area (Å²) in [6.07, 6.45) is 4.47. The number of nitrogens with zero attached hydrogens (tertiary/aromatic N) is 3. The molecule has 1 fully saturated rings. The molecule has 3 aromatic rings. The van der Waals surface area contributed by atoms with Crippen molar-refractivity contribution in [3.63, 3.8) is 0 Å². The summed E-state index contributed by atoms with van der Waals surface area (Å²) < 4.78 is 14.1. The number of piperidine rings is 1. The Bertz CT molecular complexity index is 1020. The second-order valence-electron chi connectivity index (χ2n) is 6.89. The number of hydrogen-bond acceptors (Lipinski definition) is 5. The molecule has 0 aliphatic carbocycles. The lowest BCUT2D eigenvalue weighted by Gasteiger charge is -2.33. The van der Waals surface area contributed by atoms with Crippen LogP contribution in [0, 0.1) is 11.7 Å². The van der Waals surface area contributed by atoms with Gasteiger partial charge >= 0.3 is 0 Å². The molecule has 3 heterocycles. The van der Waals surface area contributed by atoms with E-state index < -0.39 is 5.82 Å². The summed E-state index contributed by atoms with van der Waals surface area (Å²) in [5, 5.41) is 3.59. The Hall–Kier alpha value is -2.25. The molecule has 28 heavy (non-hydrogen) atoms. The van der Waals surface area contributed by atoms with Gasteiger partial charge in [0.05, 0.1) is 15.6 Å². The van der Waals surface area contributed by atoms with Crippen LogP contribution in [0.15, 0.2) is 30.5 Å². The predicted molar refractivity (Wildman–Crippen MR) is 112 cm³/mol. The molecule has 146 valence electrons. The number of rotatable bonds is 4. The predicted octanol–water partition coefficient (Wildman–Crippen LogP) is 4.90. The first kappa shape index (κ1) is 19.1. The molecule has 1 saturated heterocycles. The number of fused-ring (bicyclic) bond motifs is 1. The molecule has 1 aromatic carbocycles. The van der Waals surface area contributed by atoms with Gasteiger partial charge in [0.1, 0.15) is 11.3 Å². The van der Waals surface area contributed by atoms with Gasteiger partial charge in [-0.3, -0.25) is 9.78 Å². The second-order valence-corrected chi connectivity index (χ2v) is 8.32. The lowest BCUT2D eigenvalue weighted by atomic mass is 9.96. The number of pyridine rings is 1. The van der Waals surface area contributed by atoms with Gasteiger partial charge in [0.2, 0.25) is 5.91 Å². The van der Waals surface area contributed by atoms with Crippen LogP contribution in [0.1, 0.15) is 25.5 Å². The maximum Gasteiger partial charge on any atom is 0.231 e. The van der Waals surface area contributed by atoms with Crippen LogP contribution in [0.2, 0.25) is 5.02 Å². The molecule has 0 radical (unpaired) electrons. The number of thiazole rings is 1.